The minimum absolute atomic E-state index is 0.0373. The van der Waals surface area contributed by atoms with E-state index in [1.807, 2.05) is 12.1 Å². The summed E-state index contributed by atoms with van der Waals surface area (Å²) in [5, 5.41) is 0.893. The summed E-state index contributed by atoms with van der Waals surface area (Å²) in [5.41, 5.74) is 13.1. The summed E-state index contributed by atoms with van der Waals surface area (Å²) < 4.78 is 1.50. The first-order valence-electron chi connectivity index (χ1n) is 6.16. The Balaban J connectivity index is 2.37. The van der Waals surface area contributed by atoms with Crippen LogP contribution < -0.4 is 17.0 Å². The van der Waals surface area contributed by atoms with Crippen LogP contribution in [0, 0.1) is 0 Å². The fourth-order valence-electron chi connectivity index (χ4n) is 2.24. The lowest BCUT2D eigenvalue weighted by Gasteiger charge is -2.11. The molecule has 0 spiro atoms. The van der Waals surface area contributed by atoms with Crippen LogP contribution >= 0.6 is 11.6 Å². The highest BCUT2D eigenvalue weighted by atomic mass is 35.5. The van der Waals surface area contributed by atoms with Gasteiger partial charge >= 0.3 is 0 Å². The Bertz CT molecular complexity index is 902. The molecule has 4 N–H and O–H groups in total. The van der Waals surface area contributed by atoms with Gasteiger partial charge in [0.05, 0.1) is 11.2 Å². The van der Waals surface area contributed by atoms with Gasteiger partial charge in [-0.25, -0.2) is 4.98 Å². The van der Waals surface area contributed by atoms with Crippen LogP contribution in [0.3, 0.4) is 0 Å². The number of halogens is 1. The number of aromatic nitrogens is 3. The summed E-state index contributed by atoms with van der Waals surface area (Å²) >= 11 is 5.88. The summed E-state index contributed by atoms with van der Waals surface area (Å²) in [6.07, 6.45) is 0. The minimum atomic E-state index is -0.269. The van der Waals surface area contributed by atoms with Gasteiger partial charge in [0, 0.05) is 12.1 Å². The van der Waals surface area contributed by atoms with Crippen LogP contribution in [0.4, 0.5) is 11.8 Å². The third kappa shape index (κ3) is 2.19. The van der Waals surface area contributed by atoms with Gasteiger partial charge in [-0.05, 0) is 23.8 Å². The van der Waals surface area contributed by atoms with Crippen LogP contribution in [0.5, 0.6) is 0 Å². The van der Waals surface area contributed by atoms with Crippen LogP contribution in [0.2, 0.25) is 5.02 Å². The monoisotopic (exact) mass is 301 g/mol. The fraction of sp³-hybridized carbons (Fsp3) is 0.0714. The van der Waals surface area contributed by atoms with E-state index in [0.717, 1.165) is 5.56 Å². The lowest BCUT2D eigenvalue weighted by atomic mass is 10.1. The van der Waals surface area contributed by atoms with Crippen LogP contribution in [-0.4, -0.2) is 14.5 Å². The van der Waals surface area contributed by atoms with E-state index in [-0.39, 0.29) is 22.7 Å². The van der Waals surface area contributed by atoms with Crippen molar-refractivity contribution in [1.29, 1.82) is 0 Å². The van der Waals surface area contributed by atoms with E-state index < -0.39 is 0 Å². The van der Waals surface area contributed by atoms with Gasteiger partial charge in [0.15, 0.2) is 0 Å². The first-order chi connectivity index (χ1) is 9.97. The number of nitrogens with zero attached hydrogens (tertiary/aromatic N) is 3. The number of anilines is 2. The lowest BCUT2D eigenvalue weighted by Crippen LogP contribution is -2.21. The van der Waals surface area contributed by atoms with Gasteiger partial charge in [-0.15, -0.1) is 0 Å². The van der Waals surface area contributed by atoms with E-state index in [9.17, 15) is 4.79 Å². The second-order valence-corrected chi connectivity index (χ2v) is 5.06. The van der Waals surface area contributed by atoms with E-state index >= 15 is 0 Å². The van der Waals surface area contributed by atoms with E-state index in [1.165, 1.54) is 4.57 Å². The van der Waals surface area contributed by atoms with Crippen LogP contribution in [0.15, 0.2) is 35.1 Å². The van der Waals surface area contributed by atoms with Crippen LogP contribution in [-0.2, 0) is 7.05 Å². The standard InChI is InChI=1S/C14H12ClN5O/c1-20-10(7-2-4-8(15)5-3-7)6-9-11(13(20)21)12(16)19-14(17)18-9/h2-6H,1H3,(H4,16,17,18,19). The maximum Gasteiger partial charge on any atom is 0.263 e. The van der Waals surface area contributed by atoms with E-state index in [1.54, 1.807) is 25.2 Å². The zero-order valence-electron chi connectivity index (χ0n) is 11.2. The van der Waals surface area contributed by atoms with Crippen molar-refractivity contribution in [2.75, 3.05) is 11.5 Å². The van der Waals surface area contributed by atoms with Gasteiger partial charge in [0.25, 0.3) is 5.56 Å². The number of nitrogens with two attached hydrogens (primary N) is 2. The SMILES string of the molecule is Cn1c(-c2ccc(Cl)cc2)cc2nc(N)nc(N)c2c1=O. The molecule has 1 aromatic carbocycles. The molecular formula is C14H12ClN5O. The molecule has 0 saturated carbocycles. The van der Waals surface area contributed by atoms with E-state index in [2.05, 4.69) is 9.97 Å². The van der Waals surface area contributed by atoms with Crippen LogP contribution in [0.25, 0.3) is 22.2 Å². The molecule has 0 saturated heterocycles. The zero-order valence-corrected chi connectivity index (χ0v) is 11.9. The molecule has 0 atom stereocenters. The van der Waals surface area contributed by atoms with Crippen molar-refractivity contribution in [3.63, 3.8) is 0 Å². The predicted octanol–water partition coefficient (Wildman–Crippen LogP) is 1.81. The Hall–Kier alpha value is -2.60. The molecule has 7 heteroatoms. The maximum absolute atomic E-state index is 12.5. The van der Waals surface area contributed by atoms with Gasteiger partial charge in [0.1, 0.15) is 11.2 Å². The number of hydrogen-bond acceptors (Lipinski definition) is 5. The molecular weight excluding hydrogens is 290 g/mol. The highest BCUT2D eigenvalue weighted by Crippen LogP contribution is 2.24. The molecule has 6 nitrogen and oxygen atoms in total. The molecule has 21 heavy (non-hydrogen) atoms. The highest BCUT2D eigenvalue weighted by Gasteiger charge is 2.13. The molecule has 0 radical (unpaired) electrons. The third-order valence-electron chi connectivity index (χ3n) is 3.28. The first kappa shape index (κ1) is 13.4. The average molecular weight is 302 g/mol. The summed E-state index contributed by atoms with van der Waals surface area (Å²) in [4.78, 5) is 20.4. The Labute approximate surface area is 125 Å². The van der Waals surface area contributed by atoms with Gasteiger partial charge in [-0.2, -0.15) is 4.98 Å². The first-order valence-corrected chi connectivity index (χ1v) is 6.54. The molecule has 0 aliphatic carbocycles. The van der Waals surface area contributed by atoms with E-state index in [0.29, 0.717) is 16.2 Å². The van der Waals surface area contributed by atoms with Crippen molar-refractivity contribution in [1.82, 2.24) is 14.5 Å². The quantitative estimate of drug-likeness (QED) is 0.714. The summed E-state index contributed by atoms with van der Waals surface area (Å²) in [6, 6.07) is 8.94. The van der Waals surface area contributed by atoms with Crippen molar-refractivity contribution in [2.45, 2.75) is 0 Å². The average Bonchev–Trinajstić information content (AvgIpc) is 2.43. The Morgan fingerprint density at radius 3 is 2.48 bits per heavy atom. The van der Waals surface area contributed by atoms with Crippen LogP contribution in [0.1, 0.15) is 0 Å². The summed E-state index contributed by atoms with van der Waals surface area (Å²) in [6.45, 7) is 0. The molecule has 0 fully saturated rings. The summed E-state index contributed by atoms with van der Waals surface area (Å²) in [5.74, 6) is 0.121. The van der Waals surface area contributed by atoms with Crippen molar-refractivity contribution in [3.8, 4) is 11.3 Å². The fourth-order valence-corrected chi connectivity index (χ4v) is 2.37. The second-order valence-electron chi connectivity index (χ2n) is 4.63. The molecule has 0 amide bonds. The molecule has 0 aliphatic rings. The molecule has 3 rings (SSSR count). The van der Waals surface area contributed by atoms with Crippen molar-refractivity contribution in [2.24, 2.45) is 7.05 Å². The normalized spacial score (nSPS) is 11.0. The van der Waals surface area contributed by atoms with Crippen molar-refractivity contribution < 1.29 is 0 Å². The number of fused-ring (bicyclic) bond motifs is 1. The predicted molar refractivity (Wildman–Crippen MR) is 84.0 cm³/mol. The Kier molecular flexibility index (Phi) is 3.03. The largest absolute Gasteiger partial charge is 0.383 e. The second kappa shape index (κ2) is 4.75. The summed E-state index contributed by atoms with van der Waals surface area (Å²) in [7, 11) is 1.67. The molecule has 2 aromatic heterocycles. The third-order valence-corrected chi connectivity index (χ3v) is 3.53. The van der Waals surface area contributed by atoms with Gasteiger partial charge in [-0.3, -0.25) is 4.79 Å². The number of rotatable bonds is 1. The topological polar surface area (TPSA) is 99.8 Å². The highest BCUT2D eigenvalue weighted by molar-refractivity contribution is 6.30. The Morgan fingerprint density at radius 1 is 1.14 bits per heavy atom. The van der Waals surface area contributed by atoms with E-state index in [4.69, 9.17) is 23.1 Å². The molecule has 3 aromatic rings. The zero-order chi connectivity index (χ0) is 15.1. The van der Waals surface area contributed by atoms with Gasteiger partial charge in [0.2, 0.25) is 5.95 Å². The molecule has 2 heterocycles. The Morgan fingerprint density at radius 2 is 1.81 bits per heavy atom. The molecule has 106 valence electrons. The number of benzene rings is 1. The molecule has 0 bridgehead atoms. The van der Waals surface area contributed by atoms with Crippen molar-refractivity contribution in [3.05, 3.63) is 45.7 Å². The number of pyridine rings is 1. The minimum Gasteiger partial charge on any atom is -0.383 e. The van der Waals surface area contributed by atoms with Crippen molar-refractivity contribution >= 4 is 34.3 Å². The van der Waals surface area contributed by atoms with Gasteiger partial charge < -0.3 is 16.0 Å². The molecule has 0 aliphatic heterocycles. The smallest absolute Gasteiger partial charge is 0.263 e. The number of hydrogen-bond donors (Lipinski definition) is 2. The lowest BCUT2D eigenvalue weighted by molar-refractivity contribution is 0.881. The maximum atomic E-state index is 12.5. The number of nitrogen functional groups attached to an aromatic ring is 2. The van der Waals surface area contributed by atoms with Gasteiger partial charge in [-0.1, -0.05) is 23.7 Å². The molecule has 0 unspecified atom stereocenters.